The highest BCUT2D eigenvalue weighted by Gasteiger charge is 2.51. The van der Waals surface area contributed by atoms with Crippen LogP contribution in [0, 0.1) is 0 Å². The molecule has 0 aromatic carbocycles. The Bertz CT molecular complexity index is 660. The molecule has 0 saturated carbocycles. The molecule has 0 aromatic heterocycles. The first kappa shape index (κ1) is 39.9. The average molecular weight is 629 g/mol. The molecular weight excluding hydrogens is 566 g/mol. The fourth-order valence-electron chi connectivity index (χ4n) is 4.30. The van der Waals surface area contributed by atoms with Crippen molar-refractivity contribution in [2.45, 2.75) is 155 Å². The molecule has 3 unspecified atom stereocenters. The number of unbranched alkanes of at least 4 members (excludes halogenated alkanes) is 6. The predicted molar refractivity (Wildman–Crippen MR) is 164 cm³/mol. The Labute approximate surface area is 255 Å². The number of phosphoric ester groups is 1. The van der Waals surface area contributed by atoms with Gasteiger partial charge in [0.2, 0.25) is 6.36 Å². The van der Waals surface area contributed by atoms with Gasteiger partial charge in [-0.25, -0.2) is 8.96 Å². The molecule has 1 fully saturated rings. The zero-order valence-electron chi connectivity index (χ0n) is 27.4. The maximum atomic E-state index is 15.8. The number of hydrogen-bond acceptors (Lipinski definition) is 9. The lowest BCUT2D eigenvalue weighted by Crippen LogP contribution is -2.63. The first-order valence-corrected chi connectivity index (χ1v) is 18.2. The Balaban J connectivity index is 3.29. The Morgan fingerprint density at radius 3 is 1.52 bits per heavy atom. The van der Waals surface area contributed by atoms with Gasteiger partial charge in [-0.2, -0.15) is 0 Å². The van der Waals surface area contributed by atoms with Crippen molar-refractivity contribution in [3.63, 3.8) is 0 Å². The van der Waals surface area contributed by atoms with E-state index in [0.717, 1.165) is 77.0 Å². The van der Waals surface area contributed by atoms with Crippen molar-refractivity contribution in [1.29, 1.82) is 0 Å². The molecule has 9 nitrogen and oxygen atoms in total. The van der Waals surface area contributed by atoms with Gasteiger partial charge in [-0.15, -0.1) is 0 Å². The lowest BCUT2D eigenvalue weighted by molar-refractivity contribution is -0.305. The van der Waals surface area contributed by atoms with Crippen molar-refractivity contribution in [2.24, 2.45) is 0 Å². The van der Waals surface area contributed by atoms with Crippen LogP contribution in [0.3, 0.4) is 0 Å². The summed E-state index contributed by atoms with van der Waals surface area (Å²) in [5.74, 6) is 0. The van der Waals surface area contributed by atoms with Gasteiger partial charge in [-0.1, -0.05) is 80.1 Å². The van der Waals surface area contributed by atoms with E-state index < -0.39 is 44.7 Å². The molecular formula is C31H62FO9P. The summed E-state index contributed by atoms with van der Waals surface area (Å²) in [7, 11) is -3.88. The van der Waals surface area contributed by atoms with Gasteiger partial charge in [0.25, 0.3) is 0 Å². The van der Waals surface area contributed by atoms with Crippen LogP contribution in [-0.2, 0) is 41.8 Å². The molecule has 0 radical (unpaired) electrons. The van der Waals surface area contributed by atoms with Crippen LogP contribution < -0.4 is 0 Å². The topological polar surface area (TPSA) is 90.9 Å². The number of halogens is 1. The lowest BCUT2D eigenvalue weighted by atomic mass is 9.94. The van der Waals surface area contributed by atoms with Crippen LogP contribution in [0.5, 0.6) is 0 Å². The second kappa shape index (κ2) is 25.1. The largest absolute Gasteiger partial charge is 0.474 e. The van der Waals surface area contributed by atoms with Gasteiger partial charge in [0.1, 0.15) is 30.5 Å². The standard InChI is InChI=1S/C31H62FO9P/c1-7-13-19-34-26(25-40-42(33,38-23-17-11-5)39-24-18-12-6)27-28(35-20-14-8-2)29(36-21-15-9-3)30(31(32)41-27)37-22-16-10-4/h26-31H,7-25H2,1-6H3/t26-,27?,28-,29?,30-,31?/m1/s1. The third kappa shape index (κ3) is 15.7. The minimum Gasteiger partial charge on any atom is -0.373 e. The van der Waals surface area contributed by atoms with E-state index in [1.807, 2.05) is 13.8 Å². The number of phosphoric acid groups is 1. The van der Waals surface area contributed by atoms with Crippen molar-refractivity contribution in [2.75, 3.05) is 46.2 Å². The van der Waals surface area contributed by atoms with Gasteiger partial charge in [0, 0.05) is 26.4 Å². The molecule has 42 heavy (non-hydrogen) atoms. The summed E-state index contributed by atoms with van der Waals surface area (Å²) in [6.45, 7) is 14.4. The molecule has 0 N–H and O–H groups in total. The summed E-state index contributed by atoms with van der Waals surface area (Å²) < 4.78 is 77.4. The van der Waals surface area contributed by atoms with E-state index in [1.54, 1.807) is 0 Å². The maximum Gasteiger partial charge on any atom is 0.474 e. The van der Waals surface area contributed by atoms with Crippen LogP contribution in [0.4, 0.5) is 4.39 Å². The van der Waals surface area contributed by atoms with Crippen molar-refractivity contribution in [3.05, 3.63) is 0 Å². The summed E-state index contributed by atoms with van der Waals surface area (Å²) in [5, 5.41) is 0. The summed E-state index contributed by atoms with van der Waals surface area (Å²) in [6.07, 6.45) is 4.42. The monoisotopic (exact) mass is 628 g/mol. The minimum absolute atomic E-state index is 0.173. The SMILES string of the molecule is CCCCOC1[C@@H](OCCCC)C(F)OC([C@@H](COP(=O)(OCCCC)OCCCC)OCCCC)[C@H]1OCCCC. The van der Waals surface area contributed by atoms with Gasteiger partial charge in [-0.05, 0) is 38.5 Å². The highest BCUT2D eigenvalue weighted by atomic mass is 31.2. The van der Waals surface area contributed by atoms with Crippen molar-refractivity contribution >= 4 is 7.82 Å². The Hall–Kier alpha value is -0.160. The quantitative estimate of drug-likeness (QED) is 0.0628. The second-order valence-electron chi connectivity index (χ2n) is 10.9. The average Bonchev–Trinajstić information content (AvgIpc) is 2.97. The molecule has 11 heteroatoms. The number of ether oxygens (including phenoxy) is 5. The molecule has 0 amide bonds. The zero-order chi connectivity index (χ0) is 31.1. The molecule has 1 heterocycles. The fraction of sp³-hybridized carbons (Fsp3) is 1.00. The summed E-state index contributed by atoms with van der Waals surface area (Å²) in [5.41, 5.74) is 0. The van der Waals surface area contributed by atoms with Crippen molar-refractivity contribution in [1.82, 2.24) is 0 Å². The second-order valence-corrected chi connectivity index (χ2v) is 12.6. The minimum atomic E-state index is -3.88. The Morgan fingerprint density at radius 1 is 0.595 bits per heavy atom. The van der Waals surface area contributed by atoms with E-state index >= 15 is 4.39 Å². The van der Waals surface area contributed by atoms with E-state index in [1.165, 1.54) is 0 Å². The van der Waals surface area contributed by atoms with Crippen molar-refractivity contribution < 1.29 is 46.2 Å². The summed E-state index contributed by atoms with van der Waals surface area (Å²) >= 11 is 0. The third-order valence-corrected chi connectivity index (χ3v) is 8.49. The first-order chi connectivity index (χ1) is 20.4. The summed E-state index contributed by atoms with van der Waals surface area (Å²) in [6, 6.07) is 0. The van der Waals surface area contributed by atoms with Crippen LogP contribution in [0.15, 0.2) is 0 Å². The molecule has 0 aliphatic carbocycles. The van der Waals surface area contributed by atoms with Gasteiger partial charge in [0.15, 0.2) is 0 Å². The van der Waals surface area contributed by atoms with E-state index in [2.05, 4.69) is 27.7 Å². The van der Waals surface area contributed by atoms with Crippen LogP contribution in [0.25, 0.3) is 0 Å². The molecule has 1 aliphatic rings. The van der Waals surface area contributed by atoms with Gasteiger partial charge >= 0.3 is 7.82 Å². The van der Waals surface area contributed by atoms with Crippen LogP contribution in [-0.4, -0.2) is 83.1 Å². The van der Waals surface area contributed by atoms with E-state index in [9.17, 15) is 4.57 Å². The van der Waals surface area contributed by atoms with E-state index in [-0.39, 0.29) is 19.8 Å². The smallest absolute Gasteiger partial charge is 0.373 e. The maximum absolute atomic E-state index is 15.8. The number of alkyl halides is 1. The highest BCUT2D eigenvalue weighted by molar-refractivity contribution is 7.48. The Kier molecular flexibility index (Phi) is 23.8. The fourth-order valence-corrected chi connectivity index (χ4v) is 5.56. The Morgan fingerprint density at radius 2 is 1.02 bits per heavy atom. The zero-order valence-corrected chi connectivity index (χ0v) is 28.3. The van der Waals surface area contributed by atoms with Crippen LogP contribution >= 0.6 is 7.82 Å². The number of rotatable bonds is 28. The van der Waals surface area contributed by atoms with Crippen molar-refractivity contribution in [3.8, 4) is 0 Å². The molecule has 252 valence electrons. The molecule has 1 saturated heterocycles. The lowest BCUT2D eigenvalue weighted by Gasteiger charge is -2.46. The summed E-state index contributed by atoms with van der Waals surface area (Å²) in [4.78, 5) is 0. The first-order valence-electron chi connectivity index (χ1n) is 16.7. The normalized spacial score (nSPS) is 23.8. The predicted octanol–water partition coefficient (Wildman–Crippen LogP) is 8.18. The van der Waals surface area contributed by atoms with E-state index in [0.29, 0.717) is 26.4 Å². The molecule has 0 aromatic rings. The molecule has 0 bridgehead atoms. The van der Waals surface area contributed by atoms with Gasteiger partial charge < -0.3 is 23.7 Å². The number of hydrogen-bond donors (Lipinski definition) is 0. The highest BCUT2D eigenvalue weighted by Crippen LogP contribution is 2.50. The molecule has 1 rings (SSSR count). The van der Waals surface area contributed by atoms with Gasteiger partial charge in [0.05, 0.1) is 19.8 Å². The molecule has 1 aliphatic heterocycles. The van der Waals surface area contributed by atoms with Gasteiger partial charge in [-0.3, -0.25) is 13.6 Å². The van der Waals surface area contributed by atoms with Crippen LogP contribution in [0.2, 0.25) is 0 Å². The van der Waals surface area contributed by atoms with Crippen LogP contribution in [0.1, 0.15) is 119 Å². The van der Waals surface area contributed by atoms with E-state index in [4.69, 9.17) is 37.3 Å². The third-order valence-electron chi connectivity index (χ3n) is 7.03. The molecule has 6 atom stereocenters. The molecule has 0 spiro atoms.